The normalized spacial score (nSPS) is 10.6. The van der Waals surface area contributed by atoms with Crippen LogP contribution in [0.1, 0.15) is 65.3 Å². The zero-order valence-corrected chi connectivity index (χ0v) is 21.6. The fourth-order valence-corrected chi connectivity index (χ4v) is 3.37. The van der Waals surface area contributed by atoms with E-state index in [4.69, 9.17) is 9.57 Å². The molecule has 0 aliphatic heterocycles. The van der Waals surface area contributed by atoms with Crippen molar-refractivity contribution in [2.45, 2.75) is 46.0 Å². The maximum atomic E-state index is 13.3. The monoisotopic (exact) mass is 510 g/mol. The predicted molar refractivity (Wildman–Crippen MR) is 138 cm³/mol. The molecule has 0 fully saturated rings. The second-order valence-corrected chi connectivity index (χ2v) is 8.58. The van der Waals surface area contributed by atoms with Gasteiger partial charge in [-0.2, -0.15) is 5.06 Å². The fraction of sp³-hybridized carbons (Fsp3) is 0.393. The number of hydroxylamine groups is 1. The van der Waals surface area contributed by atoms with Crippen LogP contribution in [0.4, 0.5) is 5.69 Å². The molecule has 0 unspecified atom stereocenters. The summed E-state index contributed by atoms with van der Waals surface area (Å²) in [5, 5.41) is 3.84. The Balaban J connectivity index is 2.13. The second-order valence-electron chi connectivity index (χ2n) is 8.58. The molecule has 0 spiro atoms. The molecule has 0 heterocycles. The number of benzene rings is 2. The van der Waals surface area contributed by atoms with Gasteiger partial charge in [0.1, 0.15) is 17.3 Å². The van der Waals surface area contributed by atoms with Crippen molar-refractivity contribution in [2.24, 2.45) is 0 Å². The minimum atomic E-state index is -0.451. The number of methoxy groups -OCH3 is 1. The lowest BCUT2D eigenvalue weighted by Gasteiger charge is -2.24. The molecule has 2 amide bonds. The minimum absolute atomic E-state index is 0.00516. The molecule has 0 radical (unpaired) electrons. The van der Waals surface area contributed by atoms with Crippen molar-refractivity contribution >= 4 is 34.9 Å². The van der Waals surface area contributed by atoms with Crippen LogP contribution < -0.4 is 10.4 Å². The number of ether oxygens (including phenoxy) is 1. The standard InChI is InChI=1S/C28H34N2O7/c1-20-9-11-23(27(34)29-16-18-36-3)19-26(20)30(28(35)22-7-5-4-6-8-22)37-17-15-25(33)14-13-24(32)12-10-21(2)31/h4-9,11,19H,10,12-18H2,1-3H3,(H,29,34). The Morgan fingerprint density at radius 3 is 2.11 bits per heavy atom. The number of carbonyl (C=O) groups is 5. The van der Waals surface area contributed by atoms with Gasteiger partial charge in [-0.1, -0.05) is 24.3 Å². The van der Waals surface area contributed by atoms with E-state index in [2.05, 4.69) is 5.32 Å². The predicted octanol–water partition coefficient (Wildman–Crippen LogP) is 3.63. The summed E-state index contributed by atoms with van der Waals surface area (Å²) >= 11 is 0. The first-order valence-electron chi connectivity index (χ1n) is 12.2. The smallest absolute Gasteiger partial charge is 0.282 e. The Bertz CT molecular complexity index is 1100. The molecule has 0 aliphatic carbocycles. The molecule has 9 heteroatoms. The van der Waals surface area contributed by atoms with Gasteiger partial charge in [0.15, 0.2) is 0 Å². The summed E-state index contributed by atoms with van der Waals surface area (Å²) in [7, 11) is 1.54. The Labute approximate surface area is 217 Å². The SMILES string of the molecule is COCCNC(=O)c1ccc(C)c(N(OCCC(=O)CCC(=O)CCC(C)=O)C(=O)c2ccccc2)c1. The van der Waals surface area contributed by atoms with Crippen molar-refractivity contribution in [3.8, 4) is 0 Å². The number of hydrogen-bond donors (Lipinski definition) is 1. The van der Waals surface area contributed by atoms with E-state index < -0.39 is 5.91 Å². The van der Waals surface area contributed by atoms with Crippen molar-refractivity contribution in [1.82, 2.24) is 5.32 Å². The number of aryl methyl sites for hydroxylation is 1. The highest BCUT2D eigenvalue weighted by atomic mass is 16.7. The van der Waals surface area contributed by atoms with Gasteiger partial charge in [-0.15, -0.1) is 0 Å². The quantitative estimate of drug-likeness (QED) is 0.271. The van der Waals surface area contributed by atoms with Gasteiger partial charge in [-0.3, -0.25) is 24.0 Å². The maximum Gasteiger partial charge on any atom is 0.282 e. The molecule has 0 aromatic heterocycles. The Morgan fingerprint density at radius 1 is 0.811 bits per heavy atom. The third-order valence-electron chi connectivity index (χ3n) is 5.53. The largest absolute Gasteiger partial charge is 0.383 e. The van der Waals surface area contributed by atoms with E-state index >= 15 is 0 Å². The van der Waals surface area contributed by atoms with E-state index in [-0.39, 0.29) is 62.0 Å². The molecule has 2 rings (SSSR count). The number of anilines is 1. The molecule has 9 nitrogen and oxygen atoms in total. The second kappa shape index (κ2) is 15.4. The van der Waals surface area contributed by atoms with Gasteiger partial charge >= 0.3 is 0 Å². The number of ketones is 3. The molecule has 0 saturated carbocycles. The highest BCUT2D eigenvalue weighted by molar-refractivity contribution is 6.06. The van der Waals surface area contributed by atoms with Crippen molar-refractivity contribution in [1.29, 1.82) is 0 Å². The summed E-state index contributed by atoms with van der Waals surface area (Å²) in [6, 6.07) is 13.5. The molecular formula is C28H34N2O7. The van der Waals surface area contributed by atoms with Crippen molar-refractivity contribution < 1.29 is 33.5 Å². The fourth-order valence-electron chi connectivity index (χ4n) is 3.37. The van der Waals surface area contributed by atoms with Crippen LogP contribution in [-0.4, -0.2) is 56.0 Å². The van der Waals surface area contributed by atoms with E-state index in [0.29, 0.717) is 35.5 Å². The van der Waals surface area contributed by atoms with Gasteiger partial charge < -0.3 is 14.8 Å². The summed E-state index contributed by atoms with van der Waals surface area (Å²) in [4.78, 5) is 66.9. The third kappa shape index (κ3) is 10.1. The number of rotatable bonds is 16. The molecule has 2 aromatic carbocycles. The van der Waals surface area contributed by atoms with E-state index in [1.165, 1.54) is 14.0 Å². The molecule has 198 valence electrons. The number of nitrogens with one attached hydrogen (secondary N) is 1. The van der Waals surface area contributed by atoms with E-state index in [1.54, 1.807) is 55.5 Å². The van der Waals surface area contributed by atoms with Crippen LogP contribution >= 0.6 is 0 Å². The zero-order valence-electron chi connectivity index (χ0n) is 21.6. The van der Waals surface area contributed by atoms with Gasteiger partial charge in [-0.25, -0.2) is 0 Å². The van der Waals surface area contributed by atoms with E-state index in [0.717, 1.165) is 5.06 Å². The molecule has 0 aliphatic rings. The Morgan fingerprint density at radius 2 is 1.46 bits per heavy atom. The molecule has 0 bridgehead atoms. The van der Waals surface area contributed by atoms with Crippen molar-refractivity contribution in [3.63, 3.8) is 0 Å². The summed E-state index contributed by atoms with van der Waals surface area (Å²) in [6.07, 6.45) is 0.415. The number of hydrogen-bond acceptors (Lipinski definition) is 7. The zero-order chi connectivity index (χ0) is 27.2. The van der Waals surface area contributed by atoms with Gasteiger partial charge in [0, 0.05) is 56.9 Å². The summed E-state index contributed by atoms with van der Waals surface area (Å²) < 4.78 is 4.96. The van der Waals surface area contributed by atoms with Crippen molar-refractivity contribution in [2.75, 3.05) is 31.9 Å². The average molecular weight is 511 g/mol. The first-order chi connectivity index (χ1) is 17.7. The first kappa shape index (κ1) is 29.5. The van der Waals surface area contributed by atoms with E-state index in [9.17, 15) is 24.0 Å². The number of Topliss-reactive ketones (excluding diaryl/α,β-unsaturated/α-hetero) is 3. The first-order valence-corrected chi connectivity index (χ1v) is 12.2. The Hall–Kier alpha value is -3.69. The lowest BCUT2D eigenvalue weighted by atomic mass is 10.1. The minimum Gasteiger partial charge on any atom is -0.383 e. The molecule has 2 aromatic rings. The molecule has 37 heavy (non-hydrogen) atoms. The lowest BCUT2D eigenvalue weighted by molar-refractivity contribution is -0.126. The van der Waals surface area contributed by atoms with Gasteiger partial charge in [0.05, 0.1) is 18.9 Å². The van der Waals surface area contributed by atoms with Crippen LogP contribution in [0, 0.1) is 6.92 Å². The molecular weight excluding hydrogens is 476 g/mol. The highest BCUT2D eigenvalue weighted by Gasteiger charge is 2.22. The average Bonchev–Trinajstić information content (AvgIpc) is 2.89. The topological polar surface area (TPSA) is 119 Å². The van der Waals surface area contributed by atoms with Crippen LogP contribution in [0.5, 0.6) is 0 Å². The summed E-state index contributed by atoms with van der Waals surface area (Å²) in [5.41, 5.74) is 1.78. The van der Waals surface area contributed by atoms with Crippen LogP contribution in [-0.2, 0) is 24.0 Å². The number of carbonyl (C=O) groups excluding carboxylic acids is 5. The molecule has 0 saturated heterocycles. The molecule has 1 N–H and O–H groups in total. The highest BCUT2D eigenvalue weighted by Crippen LogP contribution is 2.25. The molecule has 0 atom stereocenters. The van der Waals surface area contributed by atoms with Gasteiger partial charge in [-0.05, 0) is 43.7 Å². The van der Waals surface area contributed by atoms with Crippen LogP contribution in [0.3, 0.4) is 0 Å². The maximum absolute atomic E-state index is 13.3. The number of amides is 2. The summed E-state index contributed by atoms with van der Waals surface area (Å²) in [6.45, 7) is 3.81. The van der Waals surface area contributed by atoms with Crippen LogP contribution in [0.15, 0.2) is 48.5 Å². The van der Waals surface area contributed by atoms with Crippen LogP contribution in [0.25, 0.3) is 0 Å². The lowest BCUT2D eigenvalue weighted by Crippen LogP contribution is -2.33. The Kier molecular flexibility index (Phi) is 12.3. The van der Waals surface area contributed by atoms with Crippen LogP contribution in [0.2, 0.25) is 0 Å². The number of nitrogens with zero attached hydrogens (tertiary/aromatic N) is 1. The summed E-state index contributed by atoms with van der Waals surface area (Å²) in [5.74, 6) is -1.17. The van der Waals surface area contributed by atoms with Gasteiger partial charge in [0.25, 0.3) is 11.8 Å². The van der Waals surface area contributed by atoms with E-state index in [1.807, 2.05) is 0 Å². The van der Waals surface area contributed by atoms with Crippen molar-refractivity contribution in [3.05, 3.63) is 65.2 Å². The third-order valence-corrected chi connectivity index (χ3v) is 5.53. The van der Waals surface area contributed by atoms with Gasteiger partial charge in [0.2, 0.25) is 0 Å².